The molecular weight excluding hydrogens is 1080 g/mol. The third-order valence-corrected chi connectivity index (χ3v) is 17.7. The summed E-state index contributed by atoms with van der Waals surface area (Å²) in [6.07, 6.45) is 14.3. The van der Waals surface area contributed by atoms with Crippen LogP contribution in [0.15, 0.2) is 132 Å². The Morgan fingerprint density at radius 1 is 0.927 bits per heavy atom. The smallest absolute Gasteiger partial charge is 0.264 e. The molecule has 0 spiro atoms. The van der Waals surface area contributed by atoms with Gasteiger partial charge >= 0.3 is 0 Å². The van der Waals surface area contributed by atoms with Crippen molar-refractivity contribution in [1.29, 1.82) is 0 Å². The first kappa shape index (κ1) is 59.9. The van der Waals surface area contributed by atoms with E-state index in [1.54, 1.807) is 28.7 Å². The number of amides is 2. The maximum absolute atomic E-state index is 14.3. The second kappa shape index (κ2) is 25.4. The minimum absolute atomic E-state index is 0.154. The van der Waals surface area contributed by atoms with Crippen LogP contribution >= 0.6 is 11.6 Å². The zero-order valence-electron chi connectivity index (χ0n) is 47.9. The number of anilines is 2. The van der Waals surface area contributed by atoms with Crippen molar-refractivity contribution in [2.75, 3.05) is 56.5 Å². The number of nitrogens with one attached hydrogen (secondary N) is 2. The molecule has 1 aliphatic carbocycles. The number of unbranched alkanes of at least 4 members (excludes halogenated alkanes) is 3. The number of hydrogen-bond acceptors (Lipinski definition) is 13. The molecule has 3 aliphatic heterocycles. The van der Waals surface area contributed by atoms with E-state index in [0.29, 0.717) is 48.5 Å². The summed E-state index contributed by atoms with van der Waals surface area (Å²) >= 11 is 7.33. The SMILES string of the molecule is COc1ccc(C[C@H](NC(=O)CCCCC[N+]2=C(C=CC3=C(Cl)C(=CC=C4N(CCCCS(=O)(=O)O)c5ccccc5C4(C)C)CCC3)C(C)(C)c3ccccc32)C(=O)NC2C(CO)OC(n3cnc4c(N(C)C)ncnc43)C2O)cc1. The van der Waals surface area contributed by atoms with Crippen LogP contribution in [0.4, 0.5) is 17.2 Å². The molecule has 0 saturated carbocycles. The second-order valence-corrected chi connectivity index (χ2v) is 24.9. The average molecular weight is 1160 g/mol. The van der Waals surface area contributed by atoms with Crippen molar-refractivity contribution in [3.63, 3.8) is 0 Å². The molecule has 20 heteroatoms. The molecule has 4 aliphatic rings. The number of ether oxygens (including phenoxy) is 2. The molecule has 5 N–H and O–H groups in total. The first-order valence-electron chi connectivity index (χ1n) is 28.3. The van der Waals surface area contributed by atoms with Crippen LogP contribution in [0.5, 0.6) is 5.75 Å². The van der Waals surface area contributed by atoms with E-state index < -0.39 is 53.2 Å². The van der Waals surface area contributed by atoms with Gasteiger partial charge in [0.25, 0.3) is 10.1 Å². The molecule has 9 rings (SSSR count). The molecule has 2 amide bonds. The van der Waals surface area contributed by atoms with Gasteiger partial charge in [0.05, 0.1) is 37.3 Å². The molecular formula is C62H77ClN9O9S+. The van der Waals surface area contributed by atoms with Crippen molar-refractivity contribution in [1.82, 2.24) is 30.2 Å². The maximum Gasteiger partial charge on any atom is 0.264 e. The summed E-state index contributed by atoms with van der Waals surface area (Å²) in [4.78, 5) is 45.4. The lowest BCUT2D eigenvalue weighted by Crippen LogP contribution is -2.55. The zero-order chi connectivity index (χ0) is 58.5. The highest BCUT2D eigenvalue weighted by atomic mass is 35.5. The third kappa shape index (κ3) is 12.9. The lowest BCUT2D eigenvalue weighted by Gasteiger charge is -2.27. The number of aromatic nitrogens is 4. The van der Waals surface area contributed by atoms with Crippen LogP contribution in [0.2, 0.25) is 0 Å². The van der Waals surface area contributed by atoms with Gasteiger partial charge in [-0.1, -0.05) is 86.1 Å². The highest BCUT2D eigenvalue weighted by Crippen LogP contribution is 2.48. The first-order chi connectivity index (χ1) is 39.2. The van der Waals surface area contributed by atoms with Crippen molar-refractivity contribution in [3.8, 4) is 5.75 Å². The predicted octanol–water partition coefficient (Wildman–Crippen LogP) is 8.51. The van der Waals surface area contributed by atoms with Gasteiger partial charge in [0.1, 0.15) is 36.9 Å². The van der Waals surface area contributed by atoms with E-state index in [0.717, 1.165) is 83.2 Å². The predicted molar refractivity (Wildman–Crippen MR) is 319 cm³/mol. The zero-order valence-corrected chi connectivity index (χ0v) is 49.5. The molecule has 5 atom stereocenters. The number of imidazole rings is 1. The topological polar surface area (TPSA) is 225 Å². The van der Waals surface area contributed by atoms with Crippen molar-refractivity contribution in [3.05, 3.63) is 148 Å². The maximum atomic E-state index is 14.3. The summed E-state index contributed by atoms with van der Waals surface area (Å²) in [6.45, 7) is 9.75. The number of methoxy groups -OCH3 is 1. The Balaban J connectivity index is 0.868. The second-order valence-electron chi connectivity index (χ2n) is 22.9. The standard InChI is InChI=1S/C62H76ClN9O9S/c1-61(2)44-20-10-12-22-47(44)70(50(61)31-27-41-18-17-19-42(53(41)63)28-32-51-62(3,4)45-21-11-13-23-48(45)71(51)34-15-16-35-82(77,78)79)33-14-8-9-24-52(74)67-46(36-40-25-29-43(80-7)30-26-40)59(76)68-54-49(37-73)81-60(56(54)75)72-39-66-55-57(69(5)6)64-38-65-58(55)72/h10-13,20-23,25-32,38-39,46,49,54,56,60,73,75H,8-9,14-19,24,33-37H2,1-7H3,(H2-,67,68,74,76,77,78,79)/p+1/t46-,49?,54?,56?,60?/m0/s1. The van der Waals surface area contributed by atoms with Crippen molar-refractivity contribution in [2.24, 2.45) is 0 Å². The van der Waals surface area contributed by atoms with Crippen LogP contribution in [0.25, 0.3) is 11.2 Å². The molecule has 18 nitrogen and oxygen atoms in total. The van der Waals surface area contributed by atoms with Crippen LogP contribution in [-0.4, -0.2) is 136 Å². The molecule has 0 radical (unpaired) electrons. The molecule has 82 heavy (non-hydrogen) atoms. The number of allylic oxidation sites excluding steroid dienone is 8. The largest absolute Gasteiger partial charge is 0.497 e. The van der Waals surface area contributed by atoms with Crippen LogP contribution in [0.1, 0.15) is 108 Å². The van der Waals surface area contributed by atoms with Gasteiger partial charge in [-0.05, 0) is 105 Å². The fraction of sp³-hybridized carbons (Fsp3) is 0.452. The summed E-state index contributed by atoms with van der Waals surface area (Å²) in [5, 5.41) is 28.8. The number of aliphatic hydroxyl groups excluding tert-OH is 2. The molecule has 436 valence electrons. The van der Waals surface area contributed by atoms with Gasteiger partial charge in [-0.2, -0.15) is 13.0 Å². The van der Waals surface area contributed by atoms with E-state index in [-0.39, 0.29) is 35.3 Å². The molecule has 5 aromatic rings. The summed E-state index contributed by atoms with van der Waals surface area (Å²) in [7, 11) is 1.20. The Labute approximate surface area is 486 Å². The minimum Gasteiger partial charge on any atom is -0.497 e. The van der Waals surface area contributed by atoms with E-state index >= 15 is 0 Å². The van der Waals surface area contributed by atoms with Gasteiger partial charge in [0.15, 0.2) is 28.9 Å². The van der Waals surface area contributed by atoms with Gasteiger partial charge < -0.3 is 40.1 Å². The number of hydrogen-bond donors (Lipinski definition) is 5. The minimum atomic E-state index is -4.04. The number of nitrogens with zero attached hydrogens (tertiary/aromatic N) is 7. The van der Waals surface area contributed by atoms with Gasteiger partial charge in [-0.3, -0.25) is 18.7 Å². The van der Waals surface area contributed by atoms with Crippen LogP contribution in [0.3, 0.4) is 0 Å². The lowest BCUT2D eigenvalue weighted by molar-refractivity contribution is -0.438. The molecule has 0 bridgehead atoms. The first-order valence-corrected chi connectivity index (χ1v) is 30.3. The van der Waals surface area contributed by atoms with Crippen molar-refractivity contribution in [2.45, 2.75) is 133 Å². The van der Waals surface area contributed by atoms with Crippen molar-refractivity contribution >= 4 is 67.6 Å². The number of carbonyl (C=O) groups excluding carboxylic acids is 2. The number of carbonyl (C=O) groups is 2. The van der Waals surface area contributed by atoms with E-state index in [1.165, 1.54) is 23.8 Å². The van der Waals surface area contributed by atoms with Crippen LogP contribution < -0.4 is 25.2 Å². The number of aliphatic hydroxyl groups is 2. The van der Waals surface area contributed by atoms with Crippen LogP contribution in [0, 0.1) is 0 Å². The summed E-state index contributed by atoms with van der Waals surface area (Å²) in [5.74, 6) is 0.126. The van der Waals surface area contributed by atoms with Crippen molar-refractivity contribution < 1.29 is 46.8 Å². The molecule has 5 heterocycles. The number of fused-ring (bicyclic) bond motifs is 3. The summed E-state index contributed by atoms with van der Waals surface area (Å²) in [5.41, 5.74) is 10.2. The number of rotatable bonds is 23. The highest BCUT2D eigenvalue weighted by molar-refractivity contribution is 7.85. The van der Waals surface area contributed by atoms with E-state index in [1.807, 2.05) is 38.4 Å². The molecule has 3 aromatic carbocycles. The lowest BCUT2D eigenvalue weighted by atomic mass is 9.81. The van der Waals surface area contributed by atoms with Gasteiger partial charge in [-0.15, -0.1) is 0 Å². The Morgan fingerprint density at radius 2 is 1.67 bits per heavy atom. The fourth-order valence-corrected chi connectivity index (χ4v) is 12.9. The van der Waals surface area contributed by atoms with E-state index in [4.69, 9.17) is 21.1 Å². The molecule has 2 aromatic heterocycles. The Bertz CT molecular complexity index is 3440. The average Bonchev–Trinajstić information content (AvgIpc) is 4.31. The Hall–Kier alpha value is -6.74. The van der Waals surface area contributed by atoms with E-state index in [9.17, 15) is 32.8 Å². The number of para-hydroxylation sites is 2. The Kier molecular flexibility index (Phi) is 18.5. The Morgan fingerprint density at radius 3 is 2.40 bits per heavy atom. The highest BCUT2D eigenvalue weighted by Gasteiger charge is 2.47. The molecule has 1 fully saturated rings. The molecule has 4 unspecified atom stereocenters. The summed E-state index contributed by atoms with van der Waals surface area (Å²) < 4.78 is 47.8. The summed E-state index contributed by atoms with van der Waals surface area (Å²) in [6, 6.07) is 22.0. The van der Waals surface area contributed by atoms with Gasteiger partial charge in [0, 0.05) is 79.4 Å². The van der Waals surface area contributed by atoms with Gasteiger partial charge in [-0.25, -0.2) is 15.0 Å². The number of benzene rings is 3. The molecule has 1 saturated heterocycles. The normalized spacial score (nSPS) is 21.7. The van der Waals surface area contributed by atoms with E-state index in [2.05, 4.69) is 123 Å². The number of halogens is 1. The van der Waals surface area contributed by atoms with Gasteiger partial charge in [0.2, 0.25) is 17.5 Å². The third-order valence-electron chi connectivity index (χ3n) is 16.4. The quantitative estimate of drug-likeness (QED) is 0.0235. The van der Waals surface area contributed by atoms with Crippen LogP contribution in [-0.2, 0) is 41.7 Å². The fourth-order valence-electron chi connectivity index (χ4n) is 12.0. The monoisotopic (exact) mass is 1160 g/mol.